The monoisotopic (exact) mass is 361 g/mol. The lowest BCUT2D eigenvalue weighted by Crippen LogP contribution is -2.13. The maximum Gasteiger partial charge on any atom is 0.212 e. The minimum Gasteiger partial charge on any atom is -0.465 e. The predicted octanol–water partition coefficient (Wildman–Crippen LogP) is 4.01. The van der Waals surface area contributed by atoms with Gasteiger partial charge in [0, 0.05) is 18.7 Å². The third-order valence-corrected chi connectivity index (χ3v) is 4.23. The van der Waals surface area contributed by atoms with E-state index in [1.54, 1.807) is 54.4 Å². The summed E-state index contributed by atoms with van der Waals surface area (Å²) in [7, 11) is 1.74. The zero-order chi connectivity index (χ0) is 18.8. The molecule has 0 atom stereocenters. The Morgan fingerprint density at radius 2 is 1.63 bits per heavy atom. The maximum atomic E-state index is 13.2. The predicted molar refractivity (Wildman–Crippen MR) is 97.8 cm³/mol. The van der Waals surface area contributed by atoms with Crippen molar-refractivity contribution in [3.63, 3.8) is 0 Å². The Kier molecular flexibility index (Phi) is 4.22. The molecule has 0 spiro atoms. The van der Waals surface area contributed by atoms with E-state index in [2.05, 4.69) is 0 Å². The quantitative estimate of drug-likeness (QED) is 0.505. The fraction of sp³-hybridized carbons (Fsp3) is 0.0476. The fourth-order valence-corrected chi connectivity index (χ4v) is 3.01. The average Bonchev–Trinajstić information content (AvgIpc) is 3.45. The van der Waals surface area contributed by atoms with Crippen molar-refractivity contribution in [2.45, 2.75) is 0 Å². The summed E-state index contributed by atoms with van der Waals surface area (Å²) in [5.41, 5.74) is 1.33. The lowest BCUT2D eigenvalue weighted by Gasteiger charge is -2.15. The Hall–Kier alpha value is -3.80. The van der Waals surface area contributed by atoms with E-state index in [1.165, 1.54) is 24.9 Å². The summed E-state index contributed by atoms with van der Waals surface area (Å²) in [6.45, 7) is 0. The van der Waals surface area contributed by atoms with E-state index in [-0.39, 0.29) is 16.9 Å². The molecule has 0 fully saturated rings. The van der Waals surface area contributed by atoms with Crippen LogP contribution in [0.5, 0.6) is 0 Å². The Labute approximate surface area is 154 Å². The molecular weight excluding hydrogens is 346 g/mol. The first-order chi connectivity index (χ1) is 13.2. The molecule has 0 saturated heterocycles. The molecule has 1 aliphatic rings. The van der Waals surface area contributed by atoms with Gasteiger partial charge in [0.15, 0.2) is 12.0 Å². The summed E-state index contributed by atoms with van der Waals surface area (Å²) in [5.74, 6) is 1.19. The summed E-state index contributed by atoms with van der Waals surface area (Å²) in [6, 6.07) is 10.4. The second-order valence-corrected chi connectivity index (χ2v) is 5.87. The number of aldehydes is 1. The van der Waals surface area contributed by atoms with Crippen molar-refractivity contribution in [3.05, 3.63) is 89.3 Å². The van der Waals surface area contributed by atoms with Crippen LogP contribution in [0.15, 0.2) is 85.3 Å². The fourth-order valence-electron chi connectivity index (χ4n) is 3.01. The lowest BCUT2D eigenvalue weighted by molar-refractivity contribution is -0.113. The van der Waals surface area contributed by atoms with E-state index in [9.17, 15) is 9.59 Å². The van der Waals surface area contributed by atoms with Gasteiger partial charge in [-0.05, 0) is 42.5 Å². The smallest absolute Gasteiger partial charge is 0.212 e. The van der Waals surface area contributed by atoms with Gasteiger partial charge in [-0.15, -0.1) is 0 Å². The van der Waals surface area contributed by atoms with Gasteiger partial charge in [-0.25, -0.2) is 0 Å². The van der Waals surface area contributed by atoms with Crippen molar-refractivity contribution < 1.29 is 22.8 Å². The Balaban J connectivity index is 1.88. The molecule has 0 saturated carbocycles. The zero-order valence-corrected chi connectivity index (χ0v) is 14.4. The lowest BCUT2D eigenvalue weighted by atomic mass is 10.00. The first-order valence-electron chi connectivity index (χ1n) is 8.21. The number of Topliss-reactive ketones (excluding diaryl/α,β-unsaturated/α-hetero) is 1. The summed E-state index contributed by atoms with van der Waals surface area (Å²) in [5, 5.41) is 0. The van der Waals surface area contributed by atoms with Crippen LogP contribution < -0.4 is 0 Å². The molecule has 0 unspecified atom stereocenters. The number of hydrogen-bond donors (Lipinski definition) is 0. The van der Waals surface area contributed by atoms with E-state index < -0.39 is 0 Å². The molecule has 3 aromatic heterocycles. The number of nitrogens with zero attached hydrogens (tertiary/aromatic N) is 1. The number of hydrogen-bond acceptors (Lipinski definition) is 6. The molecule has 4 rings (SSSR count). The summed E-state index contributed by atoms with van der Waals surface area (Å²) < 4.78 is 16.1. The van der Waals surface area contributed by atoms with Crippen LogP contribution in [-0.2, 0) is 9.59 Å². The van der Waals surface area contributed by atoms with E-state index in [1.807, 2.05) is 0 Å². The van der Waals surface area contributed by atoms with Crippen LogP contribution in [-0.4, -0.2) is 24.0 Å². The molecule has 0 amide bonds. The topological polar surface area (TPSA) is 76.8 Å². The molecule has 134 valence electrons. The maximum absolute atomic E-state index is 13.2. The second-order valence-electron chi connectivity index (χ2n) is 5.87. The van der Waals surface area contributed by atoms with E-state index in [4.69, 9.17) is 13.3 Å². The molecule has 0 bridgehead atoms. The molecule has 0 aliphatic carbocycles. The van der Waals surface area contributed by atoms with Gasteiger partial charge in [0.1, 0.15) is 11.5 Å². The average molecular weight is 361 g/mol. The van der Waals surface area contributed by atoms with Crippen LogP contribution in [0.4, 0.5) is 0 Å². The van der Waals surface area contributed by atoms with Crippen molar-refractivity contribution in [2.24, 2.45) is 0 Å². The van der Waals surface area contributed by atoms with Crippen LogP contribution in [0.1, 0.15) is 17.3 Å². The summed E-state index contributed by atoms with van der Waals surface area (Å²) >= 11 is 0. The van der Waals surface area contributed by atoms with E-state index >= 15 is 0 Å². The van der Waals surface area contributed by atoms with Crippen LogP contribution in [0, 0.1) is 0 Å². The third-order valence-electron chi connectivity index (χ3n) is 4.23. The molecule has 6 nitrogen and oxygen atoms in total. The number of carbonyl (C=O) groups is 2. The summed E-state index contributed by atoms with van der Waals surface area (Å²) in [4.78, 5) is 26.7. The van der Waals surface area contributed by atoms with Gasteiger partial charge in [0.25, 0.3) is 0 Å². The van der Waals surface area contributed by atoms with Crippen LogP contribution >= 0.6 is 0 Å². The molecule has 1 aliphatic heterocycles. The minimum absolute atomic E-state index is 0.205. The molecule has 3 aromatic rings. The minimum atomic E-state index is -0.301. The van der Waals surface area contributed by atoms with Crippen LogP contribution in [0.25, 0.3) is 17.8 Å². The van der Waals surface area contributed by atoms with Gasteiger partial charge in [0.05, 0.1) is 35.8 Å². The number of ketones is 1. The van der Waals surface area contributed by atoms with Crippen LogP contribution in [0.3, 0.4) is 0 Å². The highest BCUT2D eigenvalue weighted by Gasteiger charge is 2.37. The molecule has 6 heteroatoms. The zero-order valence-electron chi connectivity index (χ0n) is 14.4. The van der Waals surface area contributed by atoms with Gasteiger partial charge in [-0.3, -0.25) is 9.59 Å². The van der Waals surface area contributed by atoms with Gasteiger partial charge >= 0.3 is 0 Å². The number of rotatable bonds is 5. The number of carbonyl (C=O) groups excluding carboxylic acids is 2. The van der Waals surface area contributed by atoms with Crippen molar-refractivity contribution in [1.82, 2.24) is 4.90 Å². The highest BCUT2D eigenvalue weighted by Crippen LogP contribution is 2.38. The Bertz CT molecular complexity index is 1050. The molecule has 27 heavy (non-hydrogen) atoms. The van der Waals surface area contributed by atoms with Gasteiger partial charge in [-0.1, -0.05) is 0 Å². The number of allylic oxidation sites excluding steroid dienone is 2. The SMILES string of the molecule is CN1C(c2ccco2)=C(/C(C=O)=C\c2ccco2)C(=O)/C1=C\c1ccco1. The molecule has 0 N–H and O–H groups in total. The Morgan fingerprint density at radius 1 is 0.963 bits per heavy atom. The largest absolute Gasteiger partial charge is 0.465 e. The Morgan fingerprint density at radius 3 is 2.22 bits per heavy atom. The highest BCUT2D eigenvalue weighted by molar-refractivity contribution is 6.25. The number of furan rings is 3. The van der Waals surface area contributed by atoms with Gasteiger partial charge in [0.2, 0.25) is 5.78 Å². The normalized spacial score (nSPS) is 16.6. The second kappa shape index (κ2) is 6.84. The van der Waals surface area contributed by atoms with Crippen molar-refractivity contribution in [1.29, 1.82) is 0 Å². The first kappa shape index (κ1) is 16.7. The molecule has 0 aromatic carbocycles. The molecule has 0 radical (unpaired) electrons. The van der Waals surface area contributed by atoms with E-state index in [0.29, 0.717) is 35.0 Å². The number of likely N-dealkylation sites (N-methyl/N-ethyl adjacent to an activating group) is 1. The standard InChI is InChI=1S/C21H15NO5/c1-22-17(12-16-6-3-9-26-16)21(24)19(20(22)18-7-4-10-27-18)14(13-23)11-15-5-2-8-25-15/h2-13H,1H3/b14-11-,17-12+. The first-order valence-corrected chi connectivity index (χ1v) is 8.21. The molecule has 4 heterocycles. The highest BCUT2D eigenvalue weighted by atomic mass is 16.3. The third kappa shape index (κ3) is 2.97. The molecular formula is C21H15NO5. The van der Waals surface area contributed by atoms with Crippen molar-refractivity contribution in [3.8, 4) is 0 Å². The van der Waals surface area contributed by atoms with Gasteiger partial charge < -0.3 is 18.2 Å². The van der Waals surface area contributed by atoms with Crippen LogP contribution in [0.2, 0.25) is 0 Å². The summed E-state index contributed by atoms with van der Waals surface area (Å²) in [6.07, 6.45) is 8.36. The van der Waals surface area contributed by atoms with Crippen molar-refractivity contribution >= 4 is 29.9 Å². The van der Waals surface area contributed by atoms with Crippen molar-refractivity contribution in [2.75, 3.05) is 7.05 Å². The van der Waals surface area contributed by atoms with Gasteiger partial charge in [-0.2, -0.15) is 0 Å². The van der Waals surface area contributed by atoms with E-state index in [0.717, 1.165) is 0 Å².